The molecule has 12 heterocycles. The molecule has 0 bridgehead atoms. The van der Waals surface area contributed by atoms with Gasteiger partial charge in [0.1, 0.15) is 33.5 Å². The smallest absolute Gasteiger partial charge is 0.165 e. The first-order valence-electron chi connectivity index (χ1n) is 43.8. The third-order valence-electron chi connectivity index (χ3n) is 24.8. The lowest BCUT2D eigenvalue weighted by molar-refractivity contribution is 1.18. The fourth-order valence-corrected chi connectivity index (χ4v) is 18.1. The third kappa shape index (κ3) is 14.5. The van der Waals surface area contributed by atoms with Crippen LogP contribution in [0.1, 0.15) is 0 Å². The summed E-state index contributed by atoms with van der Waals surface area (Å²) in [6, 6.07) is 148. The van der Waals surface area contributed by atoms with Crippen LogP contribution < -0.4 is 0 Å². The van der Waals surface area contributed by atoms with E-state index in [9.17, 15) is 0 Å². The Morgan fingerprint density at radius 1 is 0.160 bits per heavy atom. The Balaban J connectivity index is 0.000000109. The number of nitrogens with zero attached hydrogens (tertiary/aromatic N) is 13. The Kier molecular flexibility index (Phi) is 19.2. The highest BCUT2D eigenvalue weighted by atomic mass is 15.1. The summed E-state index contributed by atoms with van der Waals surface area (Å²) in [5.74, 6) is 0.713. The summed E-state index contributed by atoms with van der Waals surface area (Å²) in [4.78, 5) is 49.1. The number of rotatable bonds is 12. The predicted octanol–water partition coefficient (Wildman–Crippen LogP) is 29.0. The zero-order valence-corrected chi connectivity index (χ0v) is 70.6. The number of pyridine rings is 8. The second-order valence-electron chi connectivity index (χ2n) is 32.7. The van der Waals surface area contributed by atoms with Crippen LogP contribution in [0.4, 0.5) is 0 Å². The maximum absolute atomic E-state index is 5.17. The molecule has 13 nitrogen and oxygen atoms in total. The molecule has 0 amide bonds. The highest BCUT2D eigenvalue weighted by molar-refractivity contribution is 6.12. The molecule has 0 atom stereocenters. The average Bonchev–Trinajstić information content (AvgIpc) is 1.66. The van der Waals surface area contributed by atoms with Gasteiger partial charge in [-0.2, -0.15) is 0 Å². The van der Waals surface area contributed by atoms with Crippen LogP contribution in [0.3, 0.4) is 0 Å². The van der Waals surface area contributed by atoms with Crippen LogP contribution in [0.5, 0.6) is 0 Å². The molecule has 612 valence electrons. The maximum Gasteiger partial charge on any atom is 0.165 e. The molecular weight excluding hydrogens is 1600 g/mol. The first-order valence-corrected chi connectivity index (χ1v) is 43.8. The average molecular weight is 1670 g/mol. The van der Waals surface area contributed by atoms with Crippen molar-refractivity contribution in [1.29, 1.82) is 0 Å². The number of hydrogen-bond acceptors (Lipinski definition) is 10. The van der Waals surface area contributed by atoms with Gasteiger partial charge in [0.25, 0.3) is 0 Å². The predicted molar refractivity (Wildman–Crippen MR) is 535 cm³/mol. The van der Waals surface area contributed by atoms with Crippen LogP contribution in [0.2, 0.25) is 0 Å². The zero-order chi connectivity index (χ0) is 86.7. The Labute approximate surface area is 752 Å². The molecule has 0 aliphatic heterocycles. The molecule has 14 aromatic carbocycles. The minimum absolute atomic E-state index is 0.713. The molecule has 0 spiro atoms. The van der Waals surface area contributed by atoms with Crippen LogP contribution in [0.25, 0.3) is 239 Å². The SMILES string of the molecule is c1cc(-c2ccc(-c3cccc(-c4ccncc4)n3)cc2)cc(-c2nc3c(nc4ccccn43)c3ccccc23)c1.c1ccc(-c2cc(-c3ccc(-c4ccc(-c5nc6c(nc7ccccn76)c6ccccc56)cc4)cc3)nc(-c3ccccc3)n2)cc1.c1ccc2cc(-c3ccc4cc(-c5ccc(-c6nc7c(nc8ccccn87)c7ccccc67)cc5)ccc4c3)ccc2c1. The largest absolute Gasteiger partial charge is 0.284 e. The normalized spacial score (nSPS) is 11.5. The molecule has 12 aromatic heterocycles. The minimum atomic E-state index is 0.713. The molecule has 0 N–H and O–H groups in total. The van der Waals surface area contributed by atoms with E-state index in [1.54, 1.807) is 12.4 Å². The summed E-state index contributed by atoms with van der Waals surface area (Å²) in [7, 11) is 0. The second-order valence-corrected chi connectivity index (χ2v) is 32.7. The molecule has 0 saturated heterocycles. The molecule has 0 aliphatic carbocycles. The Hall–Kier alpha value is -17.9. The molecule has 0 aliphatic rings. The second kappa shape index (κ2) is 32.9. The quantitative estimate of drug-likeness (QED) is 0.116. The Bertz CT molecular complexity index is 8830. The molecule has 26 rings (SSSR count). The number of imidazole rings is 3. The number of aromatic nitrogens is 13. The van der Waals surface area contributed by atoms with E-state index in [2.05, 4.69) is 322 Å². The first-order chi connectivity index (χ1) is 64.9. The highest BCUT2D eigenvalue weighted by Crippen LogP contribution is 2.41. The van der Waals surface area contributed by atoms with Crippen LogP contribution in [0.15, 0.2) is 456 Å². The number of fused-ring (bicyclic) bond motifs is 17. The lowest BCUT2D eigenvalue weighted by Crippen LogP contribution is -1.95. The van der Waals surface area contributed by atoms with Crippen LogP contribution >= 0.6 is 0 Å². The number of benzene rings is 14. The van der Waals surface area contributed by atoms with Gasteiger partial charge >= 0.3 is 0 Å². The van der Waals surface area contributed by atoms with Crippen LogP contribution in [0, 0.1) is 0 Å². The van der Waals surface area contributed by atoms with Crippen LogP contribution in [-0.2, 0) is 0 Å². The van der Waals surface area contributed by atoms with Crippen molar-refractivity contribution in [2.75, 3.05) is 0 Å². The molecule has 0 fully saturated rings. The maximum atomic E-state index is 5.17. The molecule has 131 heavy (non-hydrogen) atoms. The lowest BCUT2D eigenvalue weighted by atomic mass is 9.96. The van der Waals surface area contributed by atoms with E-state index in [0.717, 1.165) is 189 Å². The van der Waals surface area contributed by atoms with E-state index in [1.807, 2.05) is 140 Å². The van der Waals surface area contributed by atoms with Gasteiger partial charge in [-0.05, 0) is 157 Å². The van der Waals surface area contributed by atoms with Gasteiger partial charge < -0.3 is 0 Å². The van der Waals surface area contributed by atoms with Crippen molar-refractivity contribution in [3.8, 4) is 135 Å². The molecule has 0 saturated carbocycles. The first kappa shape index (κ1) is 76.7. The Morgan fingerprint density at radius 3 is 0.931 bits per heavy atom. The van der Waals surface area contributed by atoms with E-state index < -0.39 is 0 Å². The standard InChI is InChI=1S/C42H27N5.C40H25N3.C36H23N5/c1-3-11-30(12-4-1)36-27-37(44-41(43-36)33-13-5-2-6-14-33)31-22-18-28(19-23-31)29-20-24-32(25-21-29)39-34-15-7-8-16-35(34)40-42(46-39)47-26-10-9-17-38(47)45-40;1-2-8-29-23-31(17-14-26(29)7-1)34-21-20-32-24-30(18-19-33(32)25-34)27-12-15-28(16-13-27)38-35-9-3-4-10-36(35)39-40(42-38)43-22-6-5-11-37(43)41-39;1-2-10-30-29(9-1)34(40-36-35(30)39-33-13-3-4-22-41(33)36)28-8-5-7-27(23-28)24-14-16-25(17-15-24)31-11-6-12-32(38-31)26-18-20-37-21-19-26/h1-27H;1-25H;1-23H. The van der Waals surface area contributed by atoms with Gasteiger partial charge in [-0.3, -0.25) is 18.2 Å². The van der Waals surface area contributed by atoms with Gasteiger partial charge in [-0.15, -0.1) is 0 Å². The van der Waals surface area contributed by atoms with Crippen molar-refractivity contribution < 1.29 is 0 Å². The van der Waals surface area contributed by atoms with E-state index in [1.165, 1.54) is 43.8 Å². The van der Waals surface area contributed by atoms with Gasteiger partial charge in [-0.25, -0.2) is 44.9 Å². The monoisotopic (exact) mass is 1670 g/mol. The summed E-state index contributed by atoms with van der Waals surface area (Å²) in [5, 5.41) is 11.6. The topological polar surface area (TPSA) is 142 Å². The van der Waals surface area contributed by atoms with Crippen molar-refractivity contribution in [3.05, 3.63) is 456 Å². The third-order valence-corrected chi connectivity index (χ3v) is 24.8. The molecule has 0 radical (unpaired) electrons. The lowest BCUT2D eigenvalue weighted by Gasteiger charge is -2.11. The summed E-state index contributed by atoms with van der Waals surface area (Å²) < 4.78 is 6.19. The van der Waals surface area contributed by atoms with Crippen molar-refractivity contribution >= 4 is 104 Å². The van der Waals surface area contributed by atoms with E-state index in [4.69, 9.17) is 44.9 Å². The molecular formula is C118H75N13. The fourth-order valence-electron chi connectivity index (χ4n) is 18.1. The van der Waals surface area contributed by atoms with Gasteiger partial charge in [0, 0.05) is 108 Å². The van der Waals surface area contributed by atoms with Gasteiger partial charge in [0.2, 0.25) is 0 Å². The number of hydrogen-bond donors (Lipinski definition) is 0. The van der Waals surface area contributed by atoms with Gasteiger partial charge in [0.15, 0.2) is 22.8 Å². The summed E-state index contributed by atoms with van der Waals surface area (Å²) in [6.07, 6.45) is 9.66. The zero-order valence-electron chi connectivity index (χ0n) is 70.6. The summed E-state index contributed by atoms with van der Waals surface area (Å²) >= 11 is 0. The highest BCUT2D eigenvalue weighted by Gasteiger charge is 2.21. The van der Waals surface area contributed by atoms with E-state index in [-0.39, 0.29) is 0 Å². The van der Waals surface area contributed by atoms with Crippen molar-refractivity contribution in [3.63, 3.8) is 0 Å². The summed E-state index contributed by atoms with van der Waals surface area (Å²) in [6.45, 7) is 0. The fraction of sp³-hybridized carbons (Fsp3) is 0. The van der Waals surface area contributed by atoms with Gasteiger partial charge in [-0.1, -0.05) is 334 Å². The van der Waals surface area contributed by atoms with E-state index >= 15 is 0 Å². The minimum Gasteiger partial charge on any atom is -0.284 e. The van der Waals surface area contributed by atoms with Crippen LogP contribution in [-0.4, -0.2) is 63.0 Å². The summed E-state index contributed by atoms with van der Waals surface area (Å²) in [5.41, 5.74) is 32.5. The van der Waals surface area contributed by atoms with Crippen molar-refractivity contribution in [2.45, 2.75) is 0 Å². The van der Waals surface area contributed by atoms with Crippen molar-refractivity contribution in [2.24, 2.45) is 0 Å². The van der Waals surface area contributed by atoms with Crippen molar-refractivity contribution in [1.82, 2.24) is 63.0 Å². The molecule has 26 aromatic rings. The van der Waals surface area contributed by atoms with E-state index in [0.29, 0.717) is 5.82 Å². The molecule has 0 unspecified atom stereocenters. The van der Waals surface area contributed by atoms with Gasteiger partial charge in [0.05, 0.1) is 39.9 Å². The molecule has 13 heteroatoms. The Morgan fingerprint density at radius 2 is 0.466 bits per heavy atom.